The van der Waals surface area contributed by atoms with Crippen molar-refractivity contribution >= 4 is 23.5 Å². The minimum absolute atomic E-state index is 0.00766. The Hall–Kier alpha value is -3.42. The molecule has 0 aromatic heterocycles. The van der Waals surface area contributed by atoms with Crippen molar-refractivity contribution in [2.24, 2.45) is 0 Å². The Balaban J connectivity index is 1.58. The molecule has 2 aromatic carbocycles. The monoisotopic (exact) mass is 388 g/mol. The molecule has 0 aliphatic heterocycles. The van der Waals surface area contributed by atoms with Gasteiger partial charge in [-0.05, 0) is 48.9 Å². The molecule has 2 N–H and O–H groups in total. The number of amides is 2. The second-order valence-electron chi connectivity index (χ2n) is 5.91. The van der Waals surface area contributed by atoms with Gasteiger partial charge in [0.1, 0.15) is 11.6 Å². The average molecular weight is 388 g/mol. The van der Waals surface area contributed by atoms with Crippen molar-refractivity contribution in [2.45, 2.75) is 13.3 Å². The number of aryl methyl sites for hydroxylation is 1. The highest BCUT2D eigenvalue weighted by atomic mass is 19.1. The molecule has 2 aromatic rings. The first-order chi connectivity index (χ1) is 13.4. The van der Waals surface area contributed by atoms with E-state index >= 15 is 0 Å². The quantitative estimate of drug-likeness (QED) is 0.643. The van der Waals surface area contributed by atoms with Gasteiger partial charge in [-0.15, -0.1) is 0 Å². The van der Waals surface area contributed by atoms with Gasteiger partial charge in [-0.1, -0.05) is 12.1 Å². The van der Waals surface area contributed by atoms with Gasteiger partial charge in [0, 0.05) is 5.69 Å². The molecule has 28 heavy (non-hydrogen) atoms. The van der Waals surface area contributed by atoms with Crippen LogP contribution in [0.2, 0.25) is 0 Å². The molecule has 0 atom stereocenters. The standard InChI is InChI=1S/C20H21FN2O5/c1-14-3-2-4-17(11-14)27-10-9-20(26)28-13-19(25)22-12-18(24)23-16-7-5-15(21)6-8-16/h2-8,11H,9-10,12-13H2,1H3,(H,22,25)(H,23,24). The van der Waals surface area contributed by atoms with Crippen LogP contribution in [-0.4, -0.2) is 37.5 Å². The lowest BCUT2D eigenvalue weighted by molar-refractivity contribution is -0.149. The number of carbonyl (C=O) groups excluding carboxylic acids is 3. The minimum atomic E-state index is -0.609. The number of nitrogens with one attached hydrogen (secondary N) is 2. The topological polar surface area (TPSA) is 93.7 Å². The molecule has 0 aliphatic rings. The number of rotatable bonds is 9. The van der Waals surface area contributed by atoms with E-state index in [1.807, 2.05) is 25.1 Å². The zero-order chi connectivity index (χ0) is 20.4. The summed E-state index contributed by atoms with van der Waals surface area (Å²) in [5.74, 6) is -1.45. The lowest BCUT2D eigenvalue weighted by atomic mass is 10.2. The van der Waals surface area contributed by atoms with E-state index in [4.69, 9.17) is 9.47 Å². The van der Waals surface area contributed by atoms with Crippen LogP contribution in [0.5, 0.6) is 5.75 Å². The van der Waals surface area contributed by atoms with E-state index in [-0.39, 0.29) is 19.6 Å². The Kier molecular flexibility index (Phi) is 7.95. The maximum Gasteiger partial charge on any atom is 0.309 e. The highest BCUT2D eigenvalue weighted by Gasteiger charge is 2.10. The number of hydrogen-bond donors (Lipinski definition) is 2. The summed E-state index contributed by atoms with van der Waals surface area (Å²) in [4.78, 5) is 34.9. The minimum Gasteiger partial charge on any atom is -0.493 e. The number of carbonyl (C=O) groups is 3. The maximum absolute atomic E-state index is 12.8. The van der Waals surface area contributed by atoms with Crippen molar-refractivity contribution in [1.82, 2.24) is 5.32 Å². The lowest BCUT2D eigenvalue weighted by Gasteiger charge is -2.08. The summed E-state index contributed by atoms with van der Waals surface area (Å²) in [7, 11) is 0. The molecule has 0 saturated heterocycles. The highest BCUT2D eigenvalue weighted by Crippen LogP contribution is 2.12. The van der Waals surface area contributed by atoms with Gasteiger partial charge < -0.3 is 20.1 Å². The van der Waals surface area contributed by atoms with E-state index in [2.05, 4.69) is 10.6 Å². The van der Waals surface area contributed by atoms with Crippen molar-refractivity contribution in [2.75, 3.05) is 25.1 Å². The van der Waals surface area contributed by atoms with E-state index in [0.717, 1.165) is 5.56 Å². The highest BCUT2D eigenvalue weighted by molar-refractivity contribution is 5.94. The van der Waals surface area contributed by atoms with Crippen LogP contribution < -0.4 is 15.4 Å². The number of ether oxygens (including phenoxy) is 2. The predicted molar refractivity (Wildman–Crippen MR) is 100 cm³/mol. The van der Waals surface area contributed by atoms with Crippen LogP contribution in [-0.2, 0) is 19.1 Å². The lowest BCUT2D eigenvalue weighted by Crippen LogP contribution is -2.35. The Bertz CT molecular complexity index is 824. The number of esters is 1. The molecule has 0 fully saturated rings. The Morgan fingerprint density at radius 3 is 2.50 bits per heavy atom. The Morgan fingerprint density at radius 1 is 1.04 bits per heavy atom. The van der Waals surface area contributed by atoms with Crippen LogP contribution in [0.25, 0.3) is 0 Å². The smallest absolute Gasteiger partial charge is 0.309 e. The summed E-state index contributed by atoms with van der Waals surface area (Å²) >= 11 is 0. The molecule has 0 heterocycles. The van der Waals surface area contributed by atoms with E-state index in [0.29, 0.717) is 11.4 Å². The van der Waals surface area contributed by atoms with Gasteiger partial charge in [-0.25, -0.2) is 4.39 Å². The molecule has 0 unspecified atom stereocenters. The summed E-state index contributed by atoms with van der Waals surface area (Å²) in [5, 5.41) is 4.82. The zero-order valence-electron chi connectivity index (χ0n) is 15.4. The van der Waals surface area contributed by atoms with Crippen molar-refractivity contribution < 1.29 is 28.2 Å². The largest absolute Gasteiger partial charge is 0.493 e. The van der Waals surface area contributed by atoms with Crippen molar-refractivity contribution in [3.63, 3.8) is 0 Å². The van der Waals surface area contributed by atoms with E-state index < -0.39 is 30.2 Å². The van der Waals surface area contributed by atoms with Gasteiger partial charge in [-0.2, -0.15) is 0 Å². The summed E-state index contributed by atoms with van der Waals surface area (Å²) in [6.07, 6.45) is -0.00766. The number of halogens is 1. The van der Waals surface area contributed by atoms with Gasteiger partial charge in [-0.3, -0.25) is 14.4 Å². The van der Waals surface area contributed by atoms with Crippen LogP contribution in [0.15, 0.2) is 48.5 Å². The van der Waals surface area contributed by atoms with Gasteiger partial charge in [0.15, 0.2) is 6.61 Å². The predicted octanol–water partition coefficient (Wildman–Crippen LogP) is 2.20. The van der Waals surface area contributed by atoms with E-state index in [1.165, 1.54) is 24.3 Å². The molecule has 0 radical (unpaired) electrons. The van der Waals surface area contributed by atoms with Crippen LogP contribution in [0.4, 0.5) is 10.1 Å². The summed E-state index contributed by atoms with van der Waals surface area (Å²) in [6.45, 7) is 1.26. The fourth-order valence-corrected chi connectivity index (χ4v) is 2.14. The first-order valence-electron chi connectivity index (χ1n) is 8.59. The molecule has 8 heteroatoms. The summed E-state index contributed by atoms with van der Waals surface area (Å²) < 4.78 is 23.0. The van der Waals surface area contributed by atoms with E-state index in [1.54, 1.807) is 6.07 Å². The third-order valence-electron chi connectivity index (χ3n) is 3.50. The van der Waals surface area contributed by atoms with Crippen LogP contribution in [0, 0.1) is 12.7 Å². The van der Waals surface area contributed by atoms with Gasteiger partial charge in [0.25, 0.3) is 5.91 Å². The van der Waals surface area contributed by atoms with Crippen LogP contribution in [0.1, 0.15) is 12.0 Å². The number of hydrogen-bond acceptors (Lipinski definition) is 5. The average Bonchev–Trinajstić information content (AvgIpc) is 2.66. The van der Waals surface area contributed by atoms with Gasteiger partial charge in [0.2, 0.25) is 5.91 Å². The SMILES string of the molecule is Cc1cccc(OCCC(=O)OCC(=O)NCC(=O)Nc2ccc(F)cc2)c1. The summed E-state index contributed by atoms with van der Waals surface area (Å²) in [5.41, 5.74) is 1.45. The fraction of sp³-hybridized carbons (Fsp3) is 0.250. The van der Waals surface area contributed by atoms with Crippen molar-refractivity contribution in [1.29, 1.82) is 0 Å². The van der Waals surface area contributed by atoms with Crippen molar-refractivity contribution in [3.8, 4) is 5.75 Å². The summed E-state index contributed by atoms with van der Waals surface area (Å²) in [6, 6.07) is 12.6. The van der Waals surface area contributed by atoms with E-state index in [9.17, 15) is 18.8 Å². The van der Waals surface area contributed by atoms with Crippen LogP contribution >= 0.6 is 0 Å². The molecule has 2 rings (SSSR count). The molecule has 148 valence electrons. The molecule has 0 saturated carbocycles. The molecular weight excluding hydrogens is 367 g/mol. The molecule has 0 aliphatic carbocycles. The van der Waals surface area contributed by atoms with Gasteiger partial charge in [0.05, 0.1) is 19.6 Å². The number of anilines is 1. The second kappa shape index (κ2) is 10.7. The maximum atomic E-state index is 12.8. The second-order valence-corrected chi connectivity index (χ2v) is 5.91. The van der Waals surface area contributed by atoms with Crippen LogP contribution in [0.3, 0.4) is 0 Å². The van der Waals surface area contributed by atoms with Crippen molar-refractivity contribution in [3.05, 3.63) is 59.9 Å². The zero-order valence-corrected chi connectivity index (χ0v) is 15.4. The third kappa shape index (κ3) is 7.86. The molecule has 0 spiro atoms. The molecular formula is C20H21FN2O5. The molecule has 2 amide bonds. The Morgan fingerprint density at radius 2 is 1.79 bits per heavy atom. The Labute approximate surface area is 161 Å². The number of benzene rings is 2. The normalized spacial score (nSPS) is 10.1. The van der Waals surface area contributed by atoms with Gasteiger partial charge >= 0.3 is 5.97 Å². The first-order valence-corrected chi connectivity index (χ1v) is 8.59. The molecule has 7 nitrogen and oxygen atoms in total. The first kappa shape index (κ1) is 20.9. The fourth-order valence-electron chi connectivity index (χ4n) is 2.14. The molecule has 0 bridgehead atoms. The third-order valence-corrected chi connectivity index (χ3v) is 3.50.